The fraction of sp³-hybridized carbons (Fsp3) is 0.455. The monoisotopic (exact) mass is 276 g/mol. The molecular weight excluding hydrogens is 259 g/mol. The summed E-state index contributed by atoms with van der Waals surface area (Å²) in [7, 11) is -3.84. The lowest BCUT2D eigenvalue weighted by atomic mass is 10.0. The van der Waals surface area contributed by atoms with E-state index in [2.05, 4.69) is 4.72 Å². The van der Waals surface area contributed by atoms with Crippen LogP contribution in [-0.4, -0.2) is 25.7 Å². The lowest BCUT2D eigenvalue weighted by Crippen LogP contribution is -2.44. The highest BCUT2D eigenvalue weighted by atomic mass is 32.2. The summed E-state index contributed by atoms with van der Waals surface area (Å²) in [6.45, 7) is 3.13. The van der Waals surface area contributed by atoms with E-state index in [0.29, 0.717) is 0 Å². The summed E-state index contributed by atoms with van der Waals surface area (Å²) >= 11 is 0. The quantitative estimate of drug-likeness (QED) is 0.695. The fourth-order valence-corrected chi connectivity index (χ4v) is 3.07. The Bertz CT molecular complexity index is 529. The summed E-state index contributed by atoms with van der Waals surface area (Å²) in [5.41, 5.74) is 4.53. The van der Waals surface area contributed by atoms with E-state index in [4.69, 9.17) is 10.8 Å². The highest BCUT2D eigenvalue weighted by Crippen LogP contribution is 2.21. The highest BCUT2D eigenvalue weighted by molar-refractivity contribution is 7.89. The molecule has 0 aliphatic heterocycles. The second-order valence-corrected chi connectivity index (χ2v) is 6.30. The van der Waals surface area contributed by atoms with Crippen LogP contribution in [0.4, 0.5) is 10.1 Å². The molecule has 4 N–H and O–H groups in total. The summed E-state index contributed by atoms with van der Waals surface area (Å²) in [5, 5.41) is 8.85. The molecule has 1 aromatic carbocycles. The molecule has 0 radical (unpaired) electrons. The average molecular weight is 276 g/mol. The number of nitrogens with one attached hydrogen (secondary N) is 1. The van der Waals surface area contributed by atoms with Crippen LogP contribution in [0.1, 0.15) is 20.3 Å². The van der Waals surface area contributed by atoms with Gasteiger partial charge in [-0.05, 0) is 38.5 Å². The Morgan fingerprint density at radius 3 is 2.56 bits per heavy atom. The lowest BCUT2D eigenvalue weighted by molar-refractivity contribution is 0.246. The molecule has 1 aromatic rings. The number of benzene rings is 1. The Labute approximate surface area is 106 Å². The number of hydrogen-bond donors (Lipinski definition) is 3. The maximum atomic E-state index is 12.9. The third-order valence-corrected chi connectivity index (χ3v) is 4.18. The van der Waals surface area contributed by atoms with Gasteiger partial charge in [0.2, 0.25) is 10.0 Å². The van der Waals surface area contributed by atoms with Gasteiger partial charge in [-0.3, -0.25) is 0 Å². The number of halogens is 1. The number of aliphatic hydroxyl groups excluding tert-OH is 1. The number of sulfonamides is 1. The maximum Gasteiger partial charge on any atom is 0.243 e. The first kappa shape index (κ1) is 14.9. The molecule has 102 valence electrons. The SMILES string of the molecule is CC(C)(CCO)NS(=O)(=O)c1ccc(F)cc1N. The van der Waals surface area contributed by atoms with Gasteiger partial charge >= 0.3 is 0 Å². The van der Waals surface area contributed by atoms with Crippen molar-refractivity contribution in [3.63, 3.8) is 0 Å². The van der Waals surface area contributed by atoms with Crippen LogP contribution in [0.25, 0.3) is 0 Å². The molecule has 0 saturated carbocycles. The zero-order valence-electron chi connectivity index (χ0n) is 10.3. The summed E-state index contributed by atoms with van der Waals surface area (Å²) in [5.74, 6) is -0.596. The second-order valence-electron chi connectivity index (χ2n) is 4.65. The molecule has 5 nitrogen and oxygen atoms in total. The van der Waals surface area contributed by atoms with E-state index in [1.807, 2.05) is 0 Å². The number of rotatable bonds is 5. The Hall–Kier alpha value is -1.18. The van der Waals surface area contributed by atoms with Crippen molar-refractivity contribution < 1.29 is 17.9 Å². The number of nitrogens with two attached hydrogens (primary N) is 1. The minimum atomic E-state index is -3.84. The van der Waals surface area contributed by atoms with Gasteiger partial charge in [0, 0.05) is 12.1 Å². The summed E-state index contributed by atoms with van der Waals surface area (Å²) in [4.78, 5) is -0.171. The first-order chi connectivity index (χ1) is 8.18. The van der Waals surface area contributed by atoms with Crippen LogP contribution in [0.2, 0.25) is 0 Å². The average Bonchev–Trinajstić information content (AvgIpc) is 2.14. The van der Waals surface area contributed by atoms with Crippen molar-refractivity contribution in [2.75, 3.05) is 12.3 Å². The summed E-state index contributed by atoms with van der Waals surface area (Å²) in [6, 6.07) is 3.10. The fourth-order valence-electron chi connectivity index (χ4n) is 1.51. The van der Waals surface area contributed by atoms with Gasteiger partial charge in [-0.25, -0.2) is 17.5 Å². The van der Waals surface area contributed by atoms with E-state index >= 15 is 0 Å². The van der Waals surface area contributed by atoms with E-state index in [9.17, 15) is 12.8 Å². The van der Waals surface area contributed by atoms with E-state index in [0.717, 1.165) is 18.2 Å². The molecule has 0 atom stereocenters. The van der Waals surface area contributed by atoms with Crippen LogP contribution in [0.15, 0.2) is 23.1 Å². The minimum absolute atomic E-state index is 0.144. The van der Waals surface area contributed by atoms with Crippen molar-refractivity contribution in [3.05, 3.63) is 24.0 Å². The topological polar surface area (TPSA) is 92.4 Å². The lowest BCUT2D eigenvalue weighted by Gasteiger charge is -2.25. The van der Waals surface area contributed by atoms with E-state index < -0.39 is 21.4 Å². The number of hydrogen-bond acceptors (Lipinski definition) is 4. The molecule has 0 fully saturated rings. The van der Waals surface area contributed by atoms with Crippen LogP contribution in [0, 0.1) is 5.82 Å². The predicted octanol–water partition coefficient (Wildman–Crippen LogP) is 0.847. The van der Waals surface area contributed by atoms with Gasteiger partial charge in [-0.2, -0.15) is 0 Å². The Kier molecular flexibility index (Phi) is 4.31. The number of anilines is 1. The van der Waals surface area contributed by atoms with Gasteiger partial charge in [0.15, 0.2) is 0 Å². The molecule has 0 heterocycles. The molecule has 0 bridgehead atoms. The number of nitrogen functional groups attached to an aromatic ring is 1. The first-order valence-corrected chi connectivity index (χ1v) is 6.86. The van der Waals surface area contributed by atoms with Crippen LogP contribution in [0.3, 0.4) is 0 Å². The van der Waals surface area contributed by atoms with Gasteiger partial charge in [0.25, 0.3) is 0 Å². The van der Waals surface area contributed by atoms with Gasteiger partial charge in [-0.15, -0.1) is 0 Å². The van der Waals surface area contributed by atoms with Crippen molar-refractivity contribution in [2.24, 2.45) is 0 Å². The van der Waals surface area contributed by atoms with E-state index in [-0.39, 0.29) is 23.6 Å². The molecule has 18 heavy (non-hydrogen) atoms. The molecule has 0 aromatic heterocycles. The van der Waals surface area contributed by atoms with Gasteiger partial charge in [0.05, 0.1) is 5.69 Å². The van der Waals surface area contributed by atoms with Crippen molar-refractivity contribution in [1.82, 2.24) is 4.72 Å². The standard InChI is InChI=1S/C11H17FN2O3S/c1-11(2,5-6-15)14-18(16,17)10-4-3-8(12)7-9(10)13/h3-4,7,14-15H,5-6,13H2,1-2H3. The normalized spacial score (nSPS) is 12.7. The highest BCUT2D eigenvalue weighted by Gasteiger charge is 2.27. The zero-order chi connectivity index (χ0) is 14.0. The second kappa shape index (κ2) is 5.21. The van der Waals surface area contributed by atoms with Crippen molar-refractivity contribution >= 4 is 15.7 Å². The van der Waals surface area contributed by atoms with Gasteiger partial charge < -0.3 is 10.8 Å². The first-order valence-electron chi connectivity index (χ1n) is 5.38. The van der Waals surface area contributed by atoms with Gasteiger partial charge in [-0.1, -0.05) is 0 Å². The third kappa shape index (κ3) is 3.66. The van der Waals surface area contributed by atoms with E-state index in [1.54, 1.807) is 13.8 Å². The van der Waals surface area contributed by atoms with Crippen molar-refractivity contribution in [3.8, 4) is 0 Å². The molecule has 0 saturated heterocycles. The minimum Gasteiger partial charge on any atom is -0.398 e. The molecular formula is C11H17FN2O3S. The molecule has 0 aliphatic carbocycles. The molecule has 0 amide bonds. The molecule has 0 aliphatic rings. The zero-order valence-corrected chi connectivity index (χ0v) is 11.1. The molecule has 0 spiro atoms. The molecule has 1 rings (SSSR count). The maximum absolute atomic E-state index is 12.9. The van der Waals surface area contributed by atoms with Crippen LogP contribution < -0.4 is 10.5 Å². The van der Waals surface area contributed by atoms with Crippen molar-refractivity contribution in [2.45, 2.75) is 30.7 Å². The Morgan fingerprint density at radius 1 is 1.44 bits per heavy atom. The number of aliphatic hydroxyl groups is 1. The van der Waals surface area contributed by atoms with Crippen LogP contribution in [0.5, 0.6) is 0 Å². The van der Waals surface area contributed by atoms with Crippen LogP contribution >= 0.6 is 0 Å². The molecule has 7 heteroatoms. The Morgan fingerprint density at radius 2 is 2.06 bits per heavy atom. The van der Waals surface area contributed by atoms with Crippen LogP contribution in [-0.2, 0) is 10.0 Å². The largest absolute Gasteiger partial charge is 0.398 e. The molecule has 0 unspecified atom stereocenters. The Balaban J connectivity index is 3.07. The smallest absolute Gasteiger partial charge is 0.243 e. The summed E-state index contributed by atoms with van der Waals surface area (Å²) < 4.78 is 39.4. The third-order valence-electron chi connectivity index (χ3n) is 2.41. The van der Waals surface area contributed by atoms with Gasteiger partial charge in [0.1, 0.15) is 10.7 Å². The van der Waals surface area contributed by atoms with Crippen molar-refractivity contribution in [1.29, 1.82) is 0 Å². The summed E-state index contributed by atoms with van der Waals surface area (Å²) in [6.07, 6.45) is 0.257. The predicted molar refractivity (Wildman–Crippen MR) is 66.9 cm³/mol. The van der Waals surface area contributed by atoms with E-state index in [1.165, 1.54) is 0 Å².